The van der Waals surface area contributed by atoms with Crippen LogP contribution in [0.25, 0.3) is 5.57 Å². The number of hydrogen-bond donors (Lipinski definition) is 5. The molecule has 1 aromatic rings. The van der Waals surface area contributed by atoms with E-state index in [4.69, 9.17) is 4.74 Å². The predicted octanol–water partition coefficient (Wildman–Crippen LogP) is 0.895. The van der Waals surface area contributed by atoms with Crippen molar-refractivity contribution in [3.63, 3.8) is 0 Å². The van der Waals surface area contributed by atoms with Crippen LogP contribution in [0.15, 0.2) is 35.9 Å². The van der Waals surface area contributed by atoms with Crippen molar-refractivity contribution >= 4 is 40.8 Å². The molecule has 5 N–H and O–H groups in total. The summed E-state index contributed by atoms with van der Waals surface area (Å²) in [5.74, 6) is -7.64. The Labute approximate surface area is 219 Å². The van der Waals surface area contributed by atoms with Gasteiger partial charge in [0.1, 0.15) is 5.57 Å². The van der Waals surface area contributed by atoms with Gasteiger partial charge in [0.05, 0.1) is 23.6 Å². The Hall–Kier alpha value is -3.94. The average molecular weight is 533 g/mol. The summed E-state index contributed by atoms with van der Waals surface area (Å²) in [5.41, 5.74) is -0.416. The summed E-state index contributed by atoms with van der Waals surface area (Å²) in [6.45, 7) is 4.52. The van der Waals surface area contributed by atoms with Crippen molar-refractivity contribution in [1.82, 2.24) is 9.80 Å². The lowest BCUT2D eigenvalue weighted by Gasteiger charge is -2.47. The van der Waals surface area contributed by atoms with Crippen LogP contribution in [0.2, 0.25) is 0 Å². The molecule has 0 radical (unpaired) electrons. The quantitative estimate of drug-likeness (QED) is 0.200. The minimum absolute atomic E-state index is 0.0210. The molecule has 1 unspecified atom stereocenters. The van der Waals surface area contributed by atoms with E-state index in [1.165, 1.54) is 12.1 Å². The maximum atomic E-state index is 12.7. The van der Waals surface area contributed by atoms with E-state index in [2.05, 4.69) is 10.2 Å². The van der Waals surface area contributed by atoms with Gasteiger partial charge in [0.15, 0.2) is 0 Å². The number of carbonyl (C=O) groups is 4. The maximum absolute atomic E-state index is 12.7. The Morgan fingerprint density at radius 2 is 1.71 bits per heavy atom. The van der Waals surface area contributed by atoms with Gasteiger partial charge < -0.3 is 40.3 Å². The lowest BCUT2D eigenvalue weighted by molar-refractivity contribution is -0.136. The Kier molecular flexibility index (Phi) is 9.09. The highest BCUT2D eigenvalue weighted by Gasteiger charge is 2.54. The highest BCUT2D eigenvalue weighted by Crippen LogP contribution is 2.48. The number of fused-ring (bicyclic) bond motifs is 1. The molecule has 0 amide bonds. The largest absolute Gasteiger partial charge is 0.478 e. The summed E-state index contributed by atoms with van der Waals surface area (Å²) in [7, 11) is 1.93. The van der Waals surface area contributed by atoms with E-state index in [-0.39, 0.29) is 24.4 Å². The molecule has 0 aromatic heterocycles. The summed E-state index contributed by atoms with van der Waals surface area (Å²) in [6, 6.07) is 4.60. The van der Waals surface area contributed by atoms with Crippen LogP contribution in [0.4, 0.5) is 11.4 Å². The zero-order chi connectivity index (χ0) is 28.0. The standard InChI is InChI=1S/C25H32N4O9/c1-3-38-13-12-29-19-7-4-6-16(17(23(34)35)14-20(30)31)22(19)26-25(29,18(24(36)37)15-21(32)33)28-9-5-8-27(2)10-11-28/h4,6-7,14-15,26H,3,5,8-13H2,1-2H3,(H,30,31)(H,32,33)(H,34,35)(H,36,37)/b17-14+,18-15-. The van der Waals surface area contributed by atoms with Gasteiger partial charge in [-0.2, -0.15) is 0 Å². The first-order valence-corrected chi connectivity index (χ1v) is 12.1. The molecule has 38 heavy (non-hydrogen) atoms. The molecule has 0 aliphatic carbocycles. The van der Waals surface area contributed by atoms with Crippen molar-refractivity contribution in [3.8, 4) is 0 Å². The second-order valence-electron chi connectivity index (χ2n) is 8.89. The number of nitrogens with one attached hydrogen (secondary N) is 1. The van der Waals surface area contributed by atoms with E-state index in [1.54, 1.807) is 17.9 Å². The first-order chi connectivity index (χ1) is 18.0. The Balaban J connectivity index is 2.34. The number of rotatable bonds is 11. The van der Waals surface area contributed by atoms with E-state index in [0.717, 1.165) is 6.54 Å². The van der Waals surface area contributed by atoms with Crippen LogP contribution in [0, 0.1) is 0 Å². The topological polar surface area (TPSA) is 180 Å². The van der Waals surface area contributed by atoms with Crippen LogP contribution in [0.5, 0.6) is 0 Å². The summed E-state index contributed by atoms with van der Waals surface area (Å²) in [5, 5.41) is 42.2. The van der Waals surface area contributed by atoms with Crippen LogP contribution < -0.4 is 10.2 Å². The van der Waals surface area contributed by atoms with Crippen LogP contribution in [0.1, 0.15) is 18.9 Å². The zero-order valence-corrected chi connectivity index (χ0v) is 21.2. The lowest BCUT2D eigenvalue weighted by Crippen LogP contribution is -2.66. The lowest BCUT2D eigenvalue weighted by atomic mass is 10.0. The average Bonchev–Trinajstić information content (AvgIpc) is 3.01. The highest BCUT2D eigenvalue weighted by atomic mass is 16.5. The van der Waals surface area contributed by atoms with E-state index < -0.39 is 40.8 Å². The highest BCUT2D eigenvalue weighted by molar-refractivity contribution is 6.22. The number of nitrogens with zero attached hydrogens (tertiary/aromatic N) is 3. The van der Waals surface area contributed by atoms with Gasteiger partial charge in [0.25, 0.3) is 0 Å². The van der Waals surface area contributed by atoms with E-state index >= 15 is 0 Å². The van der Waals surface area contributed by atoms with Crippen LogP contribution in [-0.2, 0) is 23.9 Å². The molecule has 0 saturated carbocycles. The van der Waals surface area contributed by atoms with Gasteiger partial charge in [-0.3, -0.25) is 4.90 Å². The van der Waals surface area contributed by atoms with Crippen LogP contribution >= 0.6 is 0 Å². The fraction of sp³-hybridized carbons (Fsp3) is 0.440. The van der Waals surface area contributed by atoms with E-state index in [9.17, 15) is 39.6 Å². The van der Waals surface area contributed by atoms with Gasteiger partial charge in [-0.1, -0.05) is 12.1 Å². The van der Waals surface area contributed by atoms with Gasteiger partial charge in [-0.15, -0.1) is 0 Å². The van der Waals surface area contributed by atoms with Crippen molar-refractivity contribution in [2.24, 2.45) is 0 Å². The number of carboxylic acids is 4. The molecule has 2 aliphatic rings. The van der Waals surface area contributed by atoms with Crippen molar-refractivity contribution in [2.45, 2.75) is 19.1 Å². The molecule has 3 rings (SSSR count). The first-order valence-electron chi connectivity index (χ1n) is 12.1. The number of hydrogen-bond acceptors (Lipinski definition) is 9. The molecule has 13 nitrogen and oxygen atoms in total. The number of anilines is 2. The number of benzene rings is 1. The number of carboxylic acid groups (broad SMARTS) is 4. The first kappa shape index (κ1) is 28.6. The molecule has 13 heteroatoms. The van der Waals surface area contributed by atoms with Crippen molar-refractivity contribution in [3.05, 3.63) is 41.5 Å². The molecule has 206 valence electrons. The molecule has 0 spiro atoms. The second kappa shape index (κ2) is 12.1. The molecule has 1 fully saturated rings. The summed E-state index contributed by atoms with van der Waals surface area (Å²) >= 11 is 0. The fourth-order valence-corrected chi connectivity index (χ4v) is 4.94. The molecule has 1 aromatic carbocycles. The van der Waals surface area contributed by atoms with E-state index in [0.29, 0.717) is 50.5 Å². The van der Waals surface area contributed by atoms with Gasteiger partial charge in [-0.05, 0) is 33.0 Å². The number of ether oxygens (including phenoxy) is 1. The van der Waals surface area contributed by atoms with Crippen LogP contribution in [-0.4, -0.2) is 113 Å². The third kappa shape index (κ3) is 5.79. The normalized spacial score (nSPS) is 20.9. The smallest absolute Gasteiger partial charge is 0.337 e. The van der Waals surface area contributed by atoms with Crippen LogP contribution in [0.3, 0.4) is 0 Å². The number of likely N-dealkylation sites (N-methyl/N-ethyl adjacent to an activating group) is 1. The Morgan fingerprint density at radius 3 is 2.32 bits per heavy atom. The second-order valence-corrected chi connectivity index (χ2v) is 8.89. The molecule has 1 saturated heterocycles. The monoisotopic (exact) mass is 532 g/mol. The number of aliphatic carboxylic acids is 4. The molecular formula is C25H32N4O9. The number of para-hydroxylation sites is 1. The van der Waals surface area contributed by atoms with Crippen molar-refractivity contribution in [1.29, 1.82) is 0 Å². The summed E-state index contributed by atoms with van der Waals surface area (Å²) in [4.78, 5) is 53.6. The molecule has 2 aliphatic heterocycles. The SMILES string of the molecule is CCOCCN1c2cccc(/C(=C\C(=O)O)C(=O)O)c2NC1(/C(=C\C(=O)O)C(=O)O)N1CCCN(C)CC1. The van der Waals surface area contributed by atoms with Gasteiger partial charge in [0.2, 0.25) is 5.79 Å². The Morgan fingerprint density at radius 1 is 1.00 bits per heavy atom. The molecular weight excluding hydrogens is 500 g/mol. The summed E-state index contributed by atoms with van der Waals surface area (Å²) in [6.07, 6.45) is 1.85. The summed E-state index contributed by atoms with van der Waals surface area (Å²) < 4.78 is 5.56. The Bertz CT molecular complexity index is 1170. The molecule has 1 atom stereocenters. The van der Waals surface area contributed by atoms with Crippen molar-refractivity contribution < 1.29 is 44.3 Å². The minimum Gasteiger partial charge on any atom is -0.478 e. The molecule has 2 heterocycles. The zero-order valence-electron chi connectivity index (χ0n) is 21.2. The van der Waals surface area contributed by atoms with Gasteiger partial charge in [0, 0.05) is 50.5 Å². The third-order valence-corrected chi connectivity index (χ3v) is 6.53. The van der Waals surface area contributed by atoms with Crippen molar-refractivity contribution in [2.75, 3.05) is 63.2 Å². The third-order valence-electron chi connectivity index (χ3n) is 6.53. The maximum Gasteiger partial charge on any atom is 0.337 e. The van der Waals surface area contributed by atoms with Gasteiger partial charge >= 0.3 is 23.9 Å². The van der Waals surface area contributed by atoms with Gasteiger partial charge in [-0.25, -0.2) is 19.2 Å². The minimum atomic E-state index is -1.74. The fourth-order valence-electron chi connectivity index (χ4n) is 4.94. The molecule has 0 bridgehead atoms. The van der Waals surface area contributed by atoms with E-state index in [1.807, 2.05) is 11.9 Å². The predicted molar refractivity (Wildman–Crippen MR) is 137 cm³/mol.